The Hall–Kier alpha value is -0.130. The van der Waals surface area contributed by atoms with E-state index in [9.17, 15) is 8.42 Å². The van der Waals surface area contributed by atoms with Gasteiger partial charge in [-0.05, 0) is 5.41 Å². The Kier molecular flexibility index (Phi) is 5.05. The molecule has 14 heavy (non-hydrogen) atoms. The lowest BCUT2D eigenvalue weighted by molar-refractivity contribution is 0.255. The van der Waals surface area contributed by atoms with Gasteiger partial charge in [0.15, 0.2) is 0 Å². The molecular formula is C9H21NO3S. The highest BCUT2D eigenvalue weighted by molar-refractivity contribution is 7.89. The fraction of sp³-hybridized carbons (Fsp3) is 1.00. The molecule has 0 radical (unpaired) electrons. The van der Waals surface area contributed by atoms with Crippen molar-refractivity contribution < 1.29 is 13.5 Å². The minimum absolute atomic E-state index is 0.119. The summed E-state index contributed by atoms with van der Waals surface area (Å²) in [5.74, 6) is 0.119. The molecule has 0 heterocycles. The summed E-state index contributed by atoms with van der Waals surface area (Å²) in [6, 6.07) is 0. The predicted molar refractivity (Wildman–Crippen MR) is 57.6 cm³/mol. The topological polar surface area (TPSA) is 57.6 Å². The third-order valence-electron chi connectivity index (χ3n) is 1.71. The van der Waals surface area contributed by atoms with Crippen molar-refractivity contribution >= 4 is 10.0 Å². The van der Waals surface area contributed by atoms with Crippen LogP contribution in [-0.2, 0) is 10.0 Å². The quantitative estimate of drug-likeness (QED) is 0.745. The summed E-state index contributed by atoms with van der Waals surface area (Å²) < 4.78 is 24.9. The molecule has 0 amide bonds. The van der Waals surface area contributed by atoms with E-state index < -0.39 is 10.0 Å². The molecule has 4 nitrogen and oxygen atoms in total. The number of aliphatic hydroxyl groups excluding tert-OH is 1. The van der Waals surface area contributed by atoms with Gasteiger partial charge in [-0.2, -0.15) is 4.31 Å². The minimum Gasteiger partial charge on any atom is -0.395 e. The molecule has 0 spiro atoms. The van der Waals surface area contributed by atoms with Gasteiger partial charge in [-0.15, -0.1) is 0 Å². The average molecular weight is 223 g/mol. The summed E-state index contributed by atoms with van der Waals surface area (Å²) in [6.45, 7) is 7.91. The highest BCUT2D eigenvalue weighted by Gasteiger charge is 2.26. The Morgan fingerprint density at radius 2 is 1.79 bits per heavy atom. The van der Waals surface area contributed by atoms with Gasteiger partial charge in [0.2, 0.25) is 10.0 Å². The van der Waals surface area contributed by atoms with Gasteiger partial charge in [0.25, 0.3) is 0 Å². The molecule has 0 atom stereocenters. The van der Waals surface area contributed by atoms with Gasteiger partial charge >= 0.3 is 0 Å². The normalized spacial score (nSPS) is 13.6. The first-order valence-corrected chi connectivity index (χ1v) is 6.42. The first-order chi connectivity index (χ1) is 6.23. The largest absolute Gasteiger partial charge is 0.395 e. The van der Waals surface area contributed by atoms with Crippen molar-refractivity contribution in [3.63, 3.8) is 0 Å². The molecule has 0 aromatic heterocycles. The van der Waals surface area contributed by atoms with Gasteiger partial charge in [-0.25, -0.2) is 8.42 Å². The Bertz CT molecular complexity index is 254. The number of hydrogen-bond acceptors (Lipinski definition) is 3. The van der Waals surface area contributed by atoms with Crippen LogP contribution in [-0.4, -0.2) is 43.3 Å². The molecule has 0 aliphatic carbocycles. The molecule has 0 unspecified atom stereocenters. The van der Waals surface area contributed by atoms with Crippen molar-refractivity contribution in [2.24, 2.45) is 5.41 Å². The van der Waals surface area contributed by atoms with Gasteiger partial charge in [0.1, 0.15) is 0 Å². The average Bonchev–Trinajstić information content (AvgIpc) is 1.94. The van der Waals surface area contributed by atoms with E-state index in [1.165, 1.54) is 4.31 Å². The lowest BCUT2D eigenvalue weighted by Gasteiger charge is -2.25. The molecule has 0 aliphatic rings. The van der Waals surface area contributed by atoms with E-state index in [2.05, 4.69) is 0 Å². The first kappa shape index (κ1) is 13.9. The molecule has 5 heteroatoms. The predicted octanol–water partition coefficient (Wildman–Crippen LogP) is 0.676. The standard InChI is InChI=1S/C9H21NO3S/c1-5-10(6-7-11)14(12,13)8-9(2,3)4/h11H,5-8H2,1-4H3. The molecule has 0 saturated carbocycles. The number of hydrogen-bond donors (Lipinski definition) is 1. The van der Waals surface area contributed by atoms with E-state index in [0.29, 0.717) is 6.54 Å². The van der Waals surface area contributed by atoms with Gasteiger partial charge in [0, 0.05) is 13.1 Å². The summed E-state index contributed by atoms with van der Waals surface area (Å²) >= 11 is 0. The number of nitrogens with zero attached hydrogens (tertiary/aromatic N) is 1. The summed E-state index contributed by atoms with van der Waals surface area (Å²) in [7, 11) is -3.22. The summed E-state index contributed by atoms with van der Waals surface area (Å²) in [5, 5.41) is 8.72. The van der Waals surface area contributed by atoms with Crippen LogP contribution in [0.5, 0.6) is 0 Å². The minimum atomic E-state index is -3.22. The van der Waals surface area contributed by atoms with Crippen molar-refractivity contribution in [2.45, 2.75) is 27.7 Å². The van der Waals surface area contributed by atoms with E-state index in [-0.39, 0.29) is 24.3 Å². The zero-order valence-electron chi connectivity index (χ0n) is 9.45. The second kappa shape index (κ2) is 5.09. The van der Waals surface area contributed by atoms with Crippen LogP contribution >= 0.6 is 0 Å². The summed E-state index contributed by atoms with van der Waals surface area (Å²) in [4.78, 5) is 0. The first-order valence-electron chi connectivity index (χ1n) is 4.81. The van der Waals surface area contributed by atoms with Crippen LogP contribution in [0.1, 0.15) is 27.7 Å². The van der Waals surface area contributed by atoms with Crippen LogP contribution in [0.15, 0.2) is 0 Å². The van der Waals surface area contributed by atoms with Crippen LogP contribution in [0.4, 0.5) is 0 Å². The number of likely N-dealkylation sites (N-methyl/N-ethyl adjacent to an activating group) is 1. The van der Waals surface area contributed by atoms with Crippen molar-refractivity contribution in [3.8, 4) is 0 Å². The van der Waals surface area contributed by atoms with E-state index in [4.69, 9.17) is 5.11 Å². The molecule has 0 rings (SSSR count). The fourth-order valence-corrected chi connectivity index (χ4v) is 3.27. The Morgan fingerprint density at radius 1 is 1.29 bits per heavy atom. The molecule has 0 aliphatic heterocycles. The van der Waals surface area contributed by atoms with Crippen LogP contribution in [0.3, 0.4) is 0 Å². The molecule has 0 bridgehead atoms. The monoisotopic (exact) mass is 223 g/mol. The fourth-order valence-electron chi connectivity index (χ4n) is 1.24. The van der Waals surface area contributed by atoms with Crippen molar-refractivity contribution in [1.29, 1.82) is 0 Å². The Morgan fingerprint density at radius 3 is 2.07 bits per heavy atom. The maximum absolute atomic E-state index is 11.8. The smallest absolute Gasteiger partial charge is 0.214 e. The van der Waals surface area contributed by atoms with Crippen molar-refractivity contribution in [2.75, 3.05) is 25.4 Å². The molecule has 1 N–H and O–H groups in total. The van der Waals surface area contributed by atoms with E-state index in [1.807, 2.05) is 20.8 Å². The Balaban J connectivity index is 4.59. The molecule has 0 saturated heterocycles. The van der Waals surface area contributed by atoms with Gasteiger partial charge in [0.05, 0.1) is 12.4 Å². The second-order valence-corrected chi connectivity index (χ2v) is 6.50. The lowest BCUT2D eigenvalue weighted by atomic mass is 10.0. The number of aliphatic hydroxyl groups is 1. The maximum Gasteiger partial charge on any atom is 0.214 e. The van der Waals surface area contributed by atoms with Crippen LogP contribution in [0, 0.1) is 5.41 Å². The third kappa shape index (κ3) is 4.93. The lowest BCUT2D eigenvalue weighted by Crippen LogP contribution is -2.38. The number of rotatable bonds is 5. The van der Waals surface area contributed by atoms with Crippen molar-refractivity contribution in [1.82, 2.24) is 4.31 Å². The molecule has 86 valence electrons. The third-order valence-corrected chi connectivity index (χ3v) is 4.17. The van der Waals surface area contributed by atoms with E-state index >= 15 is 0 Å². The second-order valence-electron chi connectivity index (χ2n) is 4.53. The van der Waals surface area contributed by atoms with Crippen LogP contribution in [0.25, 0.3) is 0 Å². The van der Waals surface area contributed by atoms with Crippen molar-refractivity contribution in [3.05, 3.63) is 0 Å². The summed E-state index contributed by atoms with van der Waals surface area (Å²) in [6.07, 6.45) is 0. The highest BCUT2D eigenvalue weighted by Crippen LogP contribution is 2.18. The van der Waals surface area contributed by atoms with Gasteiger partial charge in [-0.1, -0.05) is 27.7 Å². The van der Waals surface area contributed by atoms with E-state index in [1.54, 1.807) is 6.92 Å². The zero-order valence-corrected chi connectivity index (χ0v) is 10.3. The van der Waals surface area contributed by atoms with Gasteiger partial charge < -0.3 is 5.11 Å². The van der Waals surface area contributed by atoms with E-state index in [0.717, 1.165) is 0 Å². The van der Waals surface area contributed by atoms with Gasteiger partial charge in [-0.3, -0.25) is 0 Å². The SMILES string of the molecule is CCN(CCO)S(=O)(=O)CC(C)(C)C. The molecule has 0 aromatic rings. The molecule has 0 fully saturated rings. The molecular weight excluding hydrogens is 202 g/mol. The number of sulfonamides is 1. The van der Waals surface area contributed by atoms with Crippen LogP contribution < -0.4 is 0 Å². The highest BCUT2D eigenvalue weighted by atomic mass is 32.2. The Labute approximate surface area is 87.0 Å². The van der Waals surface area contributed by atoms with Crippen LogP contribution in [0.2, 0.25) is 0 Å². The maximum atomic E-state index is 11.8. The summed E-state index contributed by atoms with van der Waals surface area (Å²) in [5.41, 5.74) is -0.248. The molecule has 0 aromatic carbocycles. The zero-order chi connectivity index (χ0) is 11.4.